The van der Waals surface area contributed by atoms with E-state index in [-0.39, 0.29) is 30.8 Å². The molecule has 0 radical (unpaired) electrons. The highest BCUT2D eigenvalue weighted by Gasteiger charge is 2.32. The van der Waals surface area contributed by atoms with Gasteiger partial charge in [0, 0.05) is 26.2 Å². The molecule has 0 aliphatic rings. The summed E-state index contributed by atoms with van der Waals surface area (Å²) in [7, 11) is 0. The smallest absolute Gasteiger partial charge is 0.326 e. The Labute approximate surface area is 269 Å². The van der Waals surface area contributed by atoms with Gasteiger partial charge in [0.15, 0.2) is 0 Å². The van der Waals surface area contributed by atoms with Crippen LogP contribution in [0, 0.1) is 0 Å². The van der Waals surface area contributed by atoms with Crippen LogP contribution in [0.1, 0.15) is 30.0 Å². The normalized spacial score (nSPS) is 13.2. The molecule has 0 aliphatic heterocycles. The predicted molar refractivity (Wildman–Crippen MR) is 167 cm³/mol. The lowest BCUT2D eigenvalue weighted by atomic mass is 10.0. The average Bonchev–Trinajstić information content (AvgIpc) is 3.01. The van der Waals surface area contributed by atoms with E-state index in [0.717, 1.165) is 6.92 Å². The van der Waals surface area contributed by atoms with Crippen LogP contribution in [0.15, 0.2) is 78.9 Å². The second-order valence-electron chi connectivity index (χ2n) is 10.8. The van der Waals surface area contributed by atoms with Crippen molar-refractivity contribution in [3.05, 3.63) is 95.6 Å². The molecule has 14 nitrogen and oxygen atoms in total. The van der Waals surface area contributed by atoms with Gasteiger partial charge in [-0.15, -0.1) is 0 Å². The van der Waals surface area contributed by atoms with E-state index in [4.69, 9.17) is 0 Å². The average molecular weight is 649 g/mol. The first-order valence-electron chi connectivity index (χ1n) is 14.5. The van der Waals surface area contributed by atoms with E-state index >= 15 is 0 Å². The van der Waals surface area contributed by atoms with Crippen molar-refractivity contribution >= 4 is 35.6 Å². The Balaban J connectivity index is 1.91. The molecular weight excluding hydrogens is 612 g/mol. The van der Waals surface area contributed by atoms with Crippen LogP contribution in [-0.4, -0.2) is 80.2 Å². The van der Waals surface area contributed by atoms with E-state index in [1.165, 1.54) is 48.5 Å². The highest BCUT2D eigenvalue weighted by molar-refractivity contribution is 5.96. The van der Waals surface area contributed by atoms with Gasteiger partial charge in [0.25, 0.3) is 0 Å². The van der Waals surface area contributed by atoms with Gasteiger partial charge in [-0.05, 0) is 41.0 Å². The SMILES string of the molecule is CC(=O)NC(CC(=O)O)C(=O)NC(Cc1ccc(O)cc1)C(=O)NC(Cc1ccc(O)cc1)C(=O)NC(Cc1ccccc1)C(=O)O. The molecule has 0 saturated heterocycles. The summed E-state index contributed by atoms with van der Waals surface area (Å²) in [4.78, 5) is 75.6. The zero-order valence-corrected chi connectivity index (χ0v) is 25.4. The Morgan fingerprint density at radius 3 is 1.32 bits per heavy atom. The lowest BCUT2D eigenvalue weighted by molar-refractivity contribution is -0.142. The van der Waals surface area contributed by atoms with Crippen LogP contribution in [0.25, 0.3) is 0 Å². The third-order valence-corrected chi connectivity index (χ3v) is 6.99. The number of carboxylic acid groups (broad SMARTS) is 2. The number of amides is 4. The molecule has 8 N–H and O–H groups in total. The molecule has 3 aromatic rings. The van der Waals surface area contributed by atoms with E-state index in [1.54, 1.807) is 30.3 Å². The number of carbonyl (C=O) groups is 6. The number of rotatable bonds is 16. The van der Waals surface area contributed by atoms with Crippen LogP contribution < -0.4 is 21.3 Å². The molecule has 4 unspecified atom stereocenters. The van der Waals surface area contributed by atoms with Crippen molar-refractivity contribution in [3.63, 3.8) is 0 Å². The summed E-state index contributed by atoms with van der Waals surface area (Å²) in [6.45, 7) is 1.09. The van der Waals surface area contributed by atoms with Gasteiger partial charge >= 0.3 is 11.9 Å². The molecule has 47 heavy (non-hydrogen) atoms. The van der Waals surface area contributed by atoms with Gasteiger partial charge in [-0.1, -0.05) is 54.6 Å². The third kappa shape index (κ3) is 11.8. The Bertz CT molecular complexity index is 1550. The van der Waals surface area contributed by atoms with Crippen molar-refractivity contribution < 1.29 is 49.2 Å². The fourth-order valence-electron chi connectivity index (χ4n) is 4.65. The molecular formula is C33H36N4O10. The first kappa shape index (κ1) is 35.6. The van der Waals surface area contributed by atoms with Gasteiger partial charge in [-0.25, -0.2) is 4.79 Å². The van der Waals surface area contributed by atoms with Crippen LogP contribution in [0.5, 0.6) is 11.5 Å². The van der Waals surface area contributed by atoms with Gasteiger partial charge < -0.3 is 41.7 Å². The first-order chi connectivity index (χ1) is 22.3. The van der Waals surface area contributed by atoms with E-state index in [0.29, 0.717) is 16.7 Å². The summed E-state index contributed by atoms with van der Waals surface area (Å²) >= 11 is 0. The summed E-state index contributed by atoms with van der Waals surface area (Å²) in [6, 6.07) is 14.4. The van der Waals surface area contributed by atoms with Crippen molar-refractivity contribution in [1.82, 2.24) is 21.3 Å². The molecule has 0 aromatic heterocycles. The number of phenolic OH excluding ortho intramolecular Hbond substituents is 2. The summed E-state index contributed by atoms with van der Waals surface area (Å²) < 4.78 is 0. The topological polar surface area (TPSA) is 231 Å². The molecule has 3 rings (SSSR count). The number of carboxylic acids is 2. The quantitative estimate of drug-likeness (QED) is 0.108. The molecule has 248 valence electrons. The van der Waals surface area contributed by atoms with E-state index in [9.17, 15) is 49.2 Å². The van der Waals surface area contributed by atoms with Gasteiger partial charge in [0.2, 0.25) is 23.6 Å². The Morgan fingerprint density at radius 2 is 0.915 bits per heavy atom. The molecule has 4 amide bonds. The summed E-state index contributed by atoms with van der Waals surface area (Å²) in [5, 5.41) is 48.2. The second-order valence-corrected chi connectivity index (χ2v) is 10.8. The lowest BCUT2D eigenvalue weighted by Crippen LogP contribution is -2.59. The van der Waals surface area contributed by atoms with Crippen LogP contribution in [0.4, 0.5) is 0 Å². The Morgan fingerprint density at radius 1 is 0.532 bits per heavy atom. The van der Waals surface area contributed by atoms with E-state index in [1.807, 2.05) is 0 Å². The molecule has 0 heterocycles. The Hall–Kier alpha value is -5.92. The van der Waals surface area contributed by atoms with Crippen LogP contribution in [-0.2, 0) is 48.0 Å². The van der Waals surface area contributed by atoms with Crippen LogP contribution >= 0.6 is 0 Å². The minimum atomic E-state index is -1.52. The van der Waals surface area contributed by atoms with Crippen molar-refractivity contribution in [2.45, 2.75) is 56.8 Å². The standard InChI is InChI=1S/C33H36N4O10/c1-19(38)34-27(18-29(41)42)32(45)36-25(15-21-7-11-23(39)12-8-21)30(43)35-26(16-22-9-13-24(40)14-10-22)31(44)37-28(33(46)47)17-20-5-3-2-4-6-20/h2-14,25-28,39-40H,15-18H2,1H3,(H,34,38)(H,35,43)(H,36,45)(H,37,44)(H,41,42)(H,46,47). The predicted octanol–water partition coefficient (Wildman–Crippen LogP) is 0.644. The highest BCUT2D eigenvalue weighted by Crippen LogP contribution is 2.14. The van der Waals surface area contributed by atoms with Crippen molar-refractivity contribution in [2.24, 2.45) is 0 Å². The Kier molecular flexibility index (Phi) is 12.8. The van der Waals surface area contributed by atoms with Gasteiger partial charge in [-0.3, -0.25) is 24.0 Å². The maximum Gasteiger partial charge on any atom is 0.326 e. The zero-order chi connectivity index (χ0) is 34.5. The number of hydrogen-bond acceptors (Lipinski definition) is 8. The molecule has 0 aliphatic carbocycles. The third-order valence-electron chi connectivity index (χ3n) is 6.99. The van der Waals surface area contributed by atoms with E-state index < -0.39 is 66.2 Å². The summed E-state index contributed by atoms with van der Waals surface area (Å²) in [5.41, 5.74) is 1.63. The fraction of sp³-hybridized carbons (Fsp3) is 0.273. The van der Waals surface area contributed by atoms with Gasteiger partial charge in [0.1, 0.15) is 35.7 Å². The molecule has 0 fully saturated rings. The van der Waals surface area contributed by atoms with Crippen molar-refractivity contribution in [1.29, 1.82) is 0 Å². The number of aromatic hydroxyl groups is 2. The molecule has 0 spiro atoms. The maximum absolute atomic E-state index is 13.8. The van der Waals surface area contributed by atoms with Crippen molar-refractivity contribution in [3.8, 4) is 11.5 Å². The largest absolute Gasteiger partial charge is 0.508 e. The van der Waals surface area contributed by atoms with Gasteiger partial charge in [-0.2, -0.15) is 0 Å². The number of carbonyl (C=O) groups excluding carboxylic acids is 4. The maximum atomic E-state index is 13.8. The minimum Gasteiger partial charge on any atom is -0.508 e. The molecule has 0 saturated carbocycles. The zero-order valence-electron chi connectivity index (χ0n) is 25.4. The second kappa shape index (κ2) is 17.0. The van der Waals surface area contributed by atoms with Crippen LogP contribution in [0.2, 0.25) is 0 Å². The molecule has 3 aromatic carbocycles. The van der Waals surface area contributed by atoms with E-state index in [2.05, 4.69) is 21.3 Å². The highest BCUT2D eigenvalue weighted by atomic mass is 16.4. The van der Waals surface area contributed by atoms with Crippen LogP contribution in [0.3, 0.4) is 0 Å². The lowest BCUT2D eigenvalue weighted by Gasteiger charge is -2.26. The fourth-order valence-corrected chi connectivity index (χ4v) is 4.65. The summed E-state index contributed by atoms with van der Waals surface area (Å²) in [6.07, 6.45) is -1.13. The number of hydrogen-bond donors (Lipinski definition) is 8. The number of benzene rings is 3. The summed E-state index contributed by atoms with van der Waals surface area (Å²) in [5.74, 6) is -6.16. The monoisotopic (exact) mass is 648 g/mol. The minimum absolute atomic E-state index is 0.0423. The molecule has 4 atom stereocenters. The molecule has 14 heteroatoms. The molecule has 0 bridgehead atoms. The number of nitrogens with one attached hydrogen (secondary N) is 4. The number of aliphatic carboxylic acids is 2. The van der Waals surface area contributed by atoms with Gasteiger partial charge in [0.05, 0.1) is 6.42 Å². The number of phenols is 2. The van der Waals surface area contributed by atoms with Crippen molar-refractivity contribution in [2.75, 3.05) is 0 Å². The first-order valence-corrected chi connectivity index (χ1v) is 14.5.